The number of thioether (sulfide) groups is 1. The van der Waals surface area contributed by atoms with Crippen LogP contribution in [0.5, 0.6) is 5.75 Å². The molecule has 1 heterocycles. The highest BCUT2D eigenvalue weighted by Crippen LogP contribution is 2.41. The quantitative estimate of drug-likeness (QED) is 0.639. The maximum absolute atomic E-state index is 12.4. The number of amides is 1. The van der Waals surface area contributed by atoms with Crippen LogP contribution in [0.1, 0.15) is 37.3 Å². The molecule has 0 radical (unpaired) electrons. The number of benzene rings is 1. The number of rotatable bonds is 9. The molecular formula is C18H22N4O2S2. The van der Waals surface area contributed by atoms with Crippen LogP contribution in [-0.2, 0) is 4.79 Å². The van der Waals surface area contributed by atoms with Gasteiger partial charge in [-0.05, 0) is 49.3 Å². The van der Waals surface area contributed by atoms with Crippen LogP contribution in [0.2, 0.25) is 0 Å². The molecule has 2 aliphatic carbocycles. The highest BCUT2D eigenvalue weighted by molar-refractivity contribution is 8.01. The van der Waals surface area contributed by atoms with Crippen LogP contribution in [0.3, 0.4) is 0 Å². The van der Waals surface area contributed by atoms with Crippen LogP contribution in [0.4, 0.5) is 5.13 Å². The number of ether oxygens (including phenoxy) is 1. The van der Waals surface area contributed by atoms with E-state index in [1.165, 1.54) is 35.9 Å². The van der Waals surface area contributed by atoms with E-state index in [1.54, 1.807) is 7.11 Å². The maximum Gasteiger partial charge on any atom is 0.230 e. The summed E-state index contributed by atoms with van der Waals surface area (Å²) in [5, 5.41) is 15.7. The van der Waals surface area contributed by atoms with Crippen LogP contribution >= 0.6 is 23.1 Å². The third-order valence-corrected chi connectivity index (χ3v) is 6.51. The number of carbonyl (C=O) groups is 1. The van der Waals surface area contributed by atoms with Gasteiger partial charge in [-0.3, -0.25) is 4.79 Å². The van der Waals surface area contributed by atoms with Gasteiger partial charge in [-0.25, -0.2) is 0 Å². The number of anilines is 1. The molecule has 6 nitrogen and oxygen atoms in total. The number of carbonyl (C=O) groups excluding carboxylic acids is 1. The number of nitrogens with zero attached hydrogens (tertiary/aromatic N) is 2. The van der Waals surface area contributed by atoms with Crippen molar-refractivity contribution in [2.45, 2.75) is 42.1 Å². The van der Waals surface area contributed by atoms with Crippen molar-refractivity contribution in [2.24, 2.45) is 5.92 Å². The molecule has 4 rings (SSSR count). The fraction of sp³-hybridized carbons (Fsp3) is 0.500. The van der Waals surface area contributed by atoms with Gasteiger partial charge in [0.05, 0.1) is 18.9 Å². The Bertz CT molecular complexity index is 757. The molecule has 2 aliphatic rings. The minimum absolute atomic E-state index is 0.0367. The Hall–Kier alpha value is -1.80. The average molecular weight is 391 g/mol. The van der Waals surface area contributed by atoms with Crippen LogP contribution in [0.15, 0.2) is 28.6 Å². The summed E-state index contributed by atoms with van der Waals surface area (Å²) in [4.78, 5) is 12.4. The van der Waals surface area contributed by atoms with E-state index in [-0.39, 0.29) is 11.9 Å². The zero-order chi connectivity index (χ0) is 17.9. The Morgan fingerprint density at radius 2 is 2.04 bits per heavy atom. The molecular weight excluding hydrogens is 368 g/mol. The first kappa shape index (κ1) is 17.6. The van der Waals surface area contributed by atoms with Crippen LogP contribution in [0, 0.1) is 5.92 Å². The Kier molecular flexibility index (Phi) is 5.31. The number of nitrogens with one attached hydrogen (secondary N) is 2. The second-order valence-electron chi connectivity index (χ2n) is 6.74. The smallest absolute Gasteiger partial charge is 0.230 e. The first-order chi connectivity index (χ1) is 12.7. The van der Waals surface area contributed by atoms with Gasteiger partial charge in [0, 0.05) is 6.04 Å². The second-order valence-corrected chi connectivity index (χ2v) is 8.94. The van der Waals surface area contributed by atoms with Crippen molar-refractivity contribution >= 4 is 34.1 Å². The Morgan fingerprint density at radius 3 is 2.69 bits per heavy atom. The van der Waals surface area contributed by atoms with Gasteiger partial charge >= 0.3 is 0 Å². The molecule has 0 spiro atoms. The SMILES string of the molecule is COc1ccc(C(NC(=O)CSc2nnc(NC3CC3)s2)C2CC2)cc1. The van der Waals surface area contributed by atoms with Gasteiger partial charge < -0.3 is 15.4 Å². The number of methoxy groups -OCH3 is 1. The summed E-state index contributed by atoms with van der Waals surface area (Å²) < 4.78 is 6.05. The summed E-state index contributed by atoms with van der Waals surface area (Å²) >= 11 is 2.96. The van der Waals surface area contributed by atoms with E-state index in [0.717, 1.165) is 33.6 Å². The molecule has 0 saturated heterocycles. The monoisotopic (exact) mass is 390 g/mol. The van der Waals surface area contributed by atoms with Crippen molar-refractivity contribution in [2.75, 3.05) is 18.2 Å². The van der Waals surface area contributed by atoms with E-state index >= 15 is 0 Å². The molecule has 1 amide bonds. The lowest BCUT2D eigenvalue weighted by atomic mass is 10.0. The number of hydrogen-bond donors (Lipinski definition) is 2. The minimum Gasteiger partial charge on any atom is -0.497 e. The predicted molar refractivity (Wildman–Crippen MR) is 104 cm³/mol. The summed E-state index contributed by atoms with van der Waals surface area (Å²) in [5.41, 5.74) is 1.14. The third kappa shape index (κ3) is 4.67. The second kappa shape index (κ2) is 7.84. The predicted octanol–water partition coefficient (Wildman–Crippen LogP) is 3.48. The molecule has 138 valence electrons. The summed E-state index contributed by atoms with van der Waals surface area (Å²) in [7, 11) is 1.66. The van der Waals surface area contributed by atoms with Crippen molar-refractivity contribution in [3.05, 3.63) is 29.8 Å². The summed E-state index contributed by atoms with van der Waals surface area (Å²) in [6.07, 6.45) is 4.74. The lowest BCUT2D eigenvalue weighted by Gasteiger charge is -2.19. The lowest BCUT2D eigenvalue weighted by molar-refractivity contribution is -0.119. The normalized spacial score (nSPS) is 17.6. The first-order valence-electron chi connectivity index (χ1n) is 8.87. The summed E-state index contributed by atoms with van der Waals surface area (Å²) in [5.74, 6) is 1.76. The van der Waals surface area contributed by atoms with Crippen molar-refractivity contribution in [3.8, 4) is 5.75 Å². The Morgan fingerprint density at radius 1 is 1.27 bits per heavy atom. The molecule has 26 heavy (non-hydrogen) atoms. The van der Waals surface area contributed by atoms with Crippen LogP contribution < -0.4 is 15.4 Å². The van der Waals surface area contributed by atoms with Gasteiger partial charge in [-0.1, -0.05) is 35.2 Å². The zero-order valence-electron chi connectivity index (χ0n) is 14.6. The zero-order valence-corrected chi connectivity index (χ0v) is 16.2. The summed E-state index contributed by atoms with van der Waals surface area (Å²) in [6, 6.07) is 8.61. The Balaban J connectivity index is 1.30. The molecule has 2 fully saturated rings. The van der Waals surface area contributed by atoms with Crippen molar-refractivity contribution in [1.29, 1.82) is 0 Å². The van der Waals surface area contributed by atoms with E-state index in [1.807, 2.05) is 24.3 Å². The van der Waals surface area contributed by atoms with Gasteiger partial charge in [0.2, 0.25) is 11.0 Å². The van der Waals surface area contributed by atoms with E-state index in [0.29, 0.717) is 17.7 Å². The number of aromatic nitrogens is 2. The van der Waals surface area contributed by atoms with E-state index < -0.39 is 0 Å². The van der Waals surface area contributed by atoms with E-state index in [9.17, 15) is 4.79 Å². The first-order valence-corrected chi connectivity index (χ1v) is 10.7. The van der Waals surface area contributed by atoms with Gasteiger partial charge in [-0.15, -0.1) is 10.2 Å². The standard InChI is InChI=1S/C18H22N4O2S2/c1-24-14-8-4-12(5-9-14)16(11-2-3-11)20-15(23)10-25-18-22-21-17(26-18)19-13-6-7-13/h4-5,8-9,11,13,16H,2-3,6-7,10H2,1H3,(H,19,21)(H,20,23). The molecule has 2 N–H and O–H groups in total. The van der Waals surface area contributed by atoms with E-state index in [2.05, 4.69) is 20.8 Å². The largest absolute Gasteiger partial charge is 0.497 e. The molecule has 1 atom stereocenters. The Labute approximate surface area is 161 Å². The van der Waals surface area contributed by atoms with Gasteiger partial charge in [-0.2, -0.15) is 0 Å². The molecule has 2 aromatic rings. The summed E-state index contributed by atoms with van der Waals surface area (Å²) in [6.45, 7) is 0. The third-order valence-electron chi connectivity index (χ3n) is 4.52. The van der Waals surface area contributed by atoms with Crippen molar-refractivity contribution in [1.82, 2.24) is 15.5 Å². The number of hydrogen-bond acceptors (Lipinski definition) is 7. The molecule has 1 unspecified atom stereocenters. The van der Waals surface area contributed by atoms with Gasteiger partial charge in [0.25, 0.3) is 0 Å². The van der Waals surface area contributed by atoms with Crippen LogP contribution in [-0.4, -0.2) is 35.0 Å². The fourth-order valence-corrected chi connectivity index (χ4v) is 4.43. The fourth-order valence-electron chi connectivity index (χ4n) is 2.79. The van der Waals surface area contributed by atoms with Crippen molar-refractivity contribution < 1.29 is 9.53 Å². The molecule has 2 saturated carbocycles. The topological polar surface area (TPSA) is 76.1 Å². The highest BCUT2D eigenvalue weighted by atomic mass is 32.2. The van der Waals surface area contributed by atoms with Crippen molar-refractivity contribution in [3.63, 3.8) is 0 Å². The molecule has 0 aliphatic heterocycles. The van der Waals surface area contributed by atoms with Gasteiger partial charge in [0.15, 0.2) is 4.34 Å². The molecule has 0 bridgehead atoms. The lowest BCUT2D eigenvalue weighted by Crippen LogP contribution is -2.31. The maximum atomic E-state index is 12.4. The minimum atomic E-state index is 0.0367. The average Bonchev–Trinajstić information content (AvgIpc) is 3.58. The molecule has 1 aromatic heterocycles. The van der Waals surface area contributed by atoms with Crippen LogP contribution in [0.25, 0.3) is 0 Å². The molecule has 8 heteroatoms. The van der Waals surface area contributed by atoms with Gasteiger partial charge in [0.1, 0.15) is 5.75 Å². The molecule has 1 aromatic carbocycles. The van der Waals surface area contributed by atoms with E-state index in [4.69, 9.17) is 4.74 Å². The highest BCUT2D eigenvalue weighted by Gasteiger charge is 2.33.